The Morgan fingerprint density at radius 2 is 2.00 bits per heavy atom. The maximum atomic E-state index is 2.70. The third-order valence-corrected chi connectivity index (χ3v) is 2.73. The molecule has 0 amide bonds. The van der Waals surface area contributed by atoms with Gasteiger partial charge in [0.1, 0.15) is 0 Å². The fourth-order valence-corrected chi connectivity index (χ4v) is 1.59. The Hall–Kier alpha value is 0.0649. The van der Waals surface area contributed by atoms with Crippen molar-refractivity contribution in [2.24, 2.45) is 0 Å². The molecule has 0 aliphatic carbocycles. The Morgan fingerprint density at radius 1 is 1.31 bits per heavy atom. The lowest BCUT2D eigenvalue weighted by molar-refractivity contribution is 1.65. The lowest BCUT2D eigenvalue weighted by Gasteiger charge is -1.97. The van der Waals surface area contributed by atoms with Gasteiger partial charge in [0.05, 0.1) is 0 Å². The molecule has 0 heterocycles. The van der Waals surface area contributed by atoms with E-state index in [-0.39, 0.29) is 0 Å². The zero-order chi connectivity index (χ0) is 10.1. The Balaban J connectivity index is 4.22. The molecule has 3 heteroatoms. The molecule has 1 atom stereocenters. The van der Waals surface area contributed by atoms with Gasteiger partial charge in [0.2, 0.25) is 0 Å². The molecule has 0 aliphatic heterocycles. The minimum atomic E-state index is 1.01. The highest BCUT2D eigenvalue weighted by Crippen LogP contribution is 2.13. The Morgan fingerprint density at radius 3 is 2.38 bits per heavy atom. The molecular formula is C10H17BPS. The summed E-state index contributed by atoms with van der Waals surface area (Å²) in [5, 5.41) is 0. The van der Waals surface area contributed by atoms with Crippen LogP contribution in [0, 0.1) is 0 Å². The van der Waals surface area contributed by atoms with Crippen molar-refractivity contribution in [2.45, 2.75) is 13.8 Å². The molecule has 0 aromatic heterocycles. The zero-order valence-electron chi connectivity index (χ0n) is 8.58. The third-order valence-electron chi connectivity index (χ3n) is 1.65. The maximum Gasteiger partial charge on any atom is 0.155 e. The first-order chi connectivity index (χ1) is 6.28. The third kappa shape index (κ3) is 6.18. The highest BCUT2D eigenvalue weighted by atomic mass is 32.2. The number of rotatable bonds is 5. The summed E-state index contributed by atoms with van der Waals surface area (Å²) in [6.07, 6.45) is 10.6. The van der Waals surface area contributed by atoms with Crippen LogP contribution in [0.5, 0.6) is 0 Å². The molecule has 0 aromatic carbocycles. The van der Waals surface area contributed by atoms with Gasteiger partial charge in [0, 0.05) is 4.91 Å². The predicted molar refractivity (Wildman–Crippen MR) is 70.5 cm³/mol. The van der Waals surface area contributed by atoms with Crippen LogP contribution in [0.3, 0.4) is 0 Å². The van der Waals surface area contributed by atoms with Crippen molar-refractivity contribution in [1.29, 1.82) is 0 Å². The Kier molecular flexibility index (Phi) is 8.70. The monoisotopic (exact) mass is 211 g/mol. The second-order valence-corrected chi connectivity index (χ2v) is 3.81. The lowest BCUT2D eigenvalue weighted by Crippen LogP contribution is -1.94. The molecule has 0 saturated carbocycles. The lowest BCUT2D eigenvalue weighted by atomic mass is 9.72. The quantitative estimate of drug-likeness (QED) is 0.382. The van der Waals surface area contributed by atoms with Gasteiger partial charge in [-0.1, -0.05) is 29.8 Å². The molecular weight excluding hydrogens is 194 g/mol. The van der Waals surface area contributed by atoms with Gasteiger partial charge in [-0.15, -0.1) is 21.0 Å². The molecule has 0 spiro atoms. The minimum Gasteiger partial charge on any atom is -0.145 e. The van der Waals surface area contributed by atoms with E-state index in [1.165, 1.54) is 10.4 Å². The predicted octanol–water partition coefficient (Wildman–Crippen LogP) is 3.25. The number of thioether (sulfide) groups is 1. The number of hydrogen-bond acceptors (Lipinski definition) is 1. The topological polar surface area (TPSA) is 0 Å². The molecule has 0 N–H and O–H groups in total. The van der Waals surface area contributed by atoms with Crippen LogP contribution >= 0.6 is 21.0 Å². The molecule has 1 radical (unpaired) electrons. The molecule has 1 unspecified atom stereocenters. The molecule has 71 valence electrons. The summed E-state index contributed by atoms with van der Waals surface area (Å²) in [4.78, 5) is 1.30. The van der Waals surface area contributed by atoms with Crippen molar-refractivity contribution in [1.82, 2.24) is 0 Å². The van der Waals surface area contributed by atoms with Gasteiger partial charge in [0.15, 0.2) is 7.28 Å². The van der Waals surface area contributed by atoms with Crippen LogP contribution in [0.2, 0.25) is 0 Å². The maximum absolute atomic E-state index is 2.70. The summed E-state index contributed by atoms with van der Waals surface area (Å²) in [5.74, 6) is 0. The highest BCUT2D eigenvalue weighted by molar-refractivity contribution is 8.02. The molecule has 0 saturated heterocycles. The van der Waals surface area contributed by atoms with Crippen LogP contribution in [0.25, 0.3) is 0 Å². The van der Waals surface area contributed by atoms with Crippen molar-refractivity contribution in [2.75, 3.05) is 12.3 Å². The van der Waals surface area contributed by atoms with Gasteiger partial charge in [-0.25, -0.2) is 0 Å². The van der Waals surface area contributed by atoms with Crippen molar-refractivity contribution in [3.05, 3.63) is 34.7 Å². The van der Waals surface area contributed by atoms with Gasteiger partial charge in [0.25, 0.3) is 0 Å². The average molecular weight is 211 g/mol. The Labute approximate surface area is 89.4 Å². The molecule has 0 aromatic rings. The standard InChI is InChI=1S/C10H17BPS/c1-4-9(11-8-12)6-7-10(5-2)13-3/h4-7H,8,12H2,1-3H3/b7-6-,9-4+,10-5+. The molecule has 0 bridgehead atoms. The van der Waals surface area contributed by atoms with Crippen LogP contribution in [-0.2, 0) is 0 Å². The van der Waals surface area contributed by atoms with Crippen molar-refractivity contribution >= 4 is 28.3 Å². The van der Waals surface area contributed by atoms with E-state index in [1.807, 2.05) is 0 Å². The van der Waals surface area contributed by atoms with E-state index in [1.54, 1.807) is 11.8 Å². The minimum absolute atomic E-state index is 1.01. The first-order valence-electron chi connectivity index (χ1n) is 4.36. The van der Waals surface area contributed by atoms with E-state index < -0.39 is 0 Å². The second kappa shape index (κ2) is 8.65. The van der Waals surface area contributed by atoms with E-state index >= 15 is 0 Å². The summed E-state index contributed by atoms with van der Waals surface area (Å²) in [7, 11) is 4.89. The smallest absolute Gasteiger partial charge is 0.145 e. The van der Waals surface area contributed by atoms with E-state index in [4.69, 9.17) is 0 Å². The summed E-state index contributed by atoms with van der Waals surface area (Å²) >= 11 is 1.77. The summed E-state index contributed by atoms with van der Waals surface area (Å²) in [6, 6.07) is 1.01. The van der Waals surface area contributed by atoms with Gasteiger partial charge < -0.3 is 0 Å². The molecule has 0 fully saturated rings. The SMILES string of the molecule is C\C=C([B]CP)/C=C\C(=C/C)SC. The average Bonchev–Trinajstić information content (AvgIpc) is 2.17. The summed E-state index contributed by atoms with van der Waals surface area (Å²) in [5.41, 5.74) is 1.28. The van der Waals surface area contributed by atoms with Gasteiger partial charge in [-0.2, -0.15) is 0 Å². The highest BCUT2D eigenvalue weighted by Gasteiger charge is 1.91. The number of allylic oxidation sites excluding steroid dienone is 5. The first-order valence-corrected chi connectivity index (χ1v) is 6.40. The molecule has 0 aliphatic rings. The van der Waals surface area contributed by atoms with Crippen LogP contribution < -0.4 is 0 Å². The van der Waals surface area contributed by atoms with Crippen LogP contribution in [0.15, 0.2) is 34.7 Å². The first kappa shape index (κ1) is 13.1. The van der Waals surface area contributed by atoms with E-state index in [2.05, 4.69) is 60.9 Å². The van der Waals surface area contributed by atoms with Crippen molar-refractivity contribution in [3.8, 4) is 0 Å². The normalized spacial score (nSPS) is 13.8. The van der Waals surface area contributed by atoms with Crippen LogP contribution in [0.4, 0.5) is 0 Å². The summed E-state index contributed by atoms with van der Waals surface area (Å²) in [6.45, 7) is 4.12. The van der Waals surface area contributed by atoms with Crippen molar-refractivity contribution < 1.29 is 0 Å². The van der Waals surface area contributed by atoms with E-state index in [9.17, 15) is 0 Å². The largest absolute Gasteiger partial charge is 0.155 e. The summed E-state index contributed by atoms with van der Waals surface area (Å²) < 4.78 is 0. The fraction of sp³-hybridized carbons (Fsp3) is 0.400. The van der Waals surface area contributed by atoms with Gasteiger partial charge in [-0.05, 0) is 26.2 Å². The van der Waals surface area contributed by atoms with E-state index in [0.29, 0.717) is 0 Å². The molecule has 13 heavy (non-hydrogen) atoms. The van der Waals surface area contributed by atoms with Crippen LogP contribution in [0.1, 0.15) is 13.8 Å². The molecule has 0 rings (SSSR count). The second-order valence-electron chi connectivity index (χ2n) is 2.46. The van der Waals surface area contributed by atoms with Gasteiger partial charge >= 0.3 is 0 Å². The van der Waals surface area contributed by atoms with Crippen molar-refractivity contribution in [3.63, 3.8) is 0 Å². The zero-order valence-corrected chi connectivity index (χ0v) is 10.6. The molecule has 0 nitrogen and oxygen atoms in total. The fourth-order valence-electron chi connectivity index (χ4n) is 0.879. The number of hydrogen-bond donors (Lipinski definition) is 0. The Bertz CT molecular complexity index is 219. The van der Waals surface area contributed by atoms with Gasteiger partial charge in [-0.3, -0.25) is 0 Å². The van der Waals surface area contributed by atoms with E-state index in [0.717, 1.165) is 6.06 Å². The van der Waals surface area contributed by atoms with Crippen LogP contribution in [-0.4, -0.2) is 19.6 Å².